The van der Waals surface area contributed by atoms with Crippen LogP contribution in [-0.2, 0) is 0 Å². The predicted molar refractivity (Wildman–Crippen MR) is 70.9 cm³/mol. The summed E-state index contributed by atoms with van der Waals surface area (Å²) in [5.41, 5.74) is -0.119. The van der Waals surface area contributed by atoms with Gasteiger partial charge >= 0.3 is 0 Å². The second-order valence-electron chi connectivity index (χ2n) is 4.46. The number of aliphatic hydroxyl groups is 1. The number of hydrogen-bond acceptors (Lipinski definition) is 4. The van der Waals surface area contributed by atoms with Gasteiger partial charge < -0.3 is 10.4 Å². The van der Waals surface area contributed by atoms with Crippen LogP contribution in [0.1, 0.15) is 30.1 Å². The molecule has 6 nitrogen and oxygen atoms in total. The Balaban J connectivity index is 2.52. The Morgan fingerprint density at radius 2 is 2.16 bits per heavy atom. The van der Waals surface area contributed by atoms with Gasteiger partial charge in [0.2, 0.25) is 0 Å². The molecule has 0 aliphatic carbocycles. The van der Waals surface area contributed by atoms with Gasteiger partial charge in [-0.15, -0.1) is 0 Å². The number of nitrogens with zero attached hydrogens (tertiary/aromatic N) is 1. The second-order valence-corrected chi connectivity index (χ2v) is 4.46. The maximum Gasteiger partial charge on any atom is 0.282 e. The zero-order valence-corrected chi connectivity index (χ0v) is 10.8. The summed E-state index contributed by atoms with van der Waals surface area (Å²) >= 11 is 0. The van der Waals surface area contributed by atoms with Gasteiger partial charge in [0.1, 0.15) is 5.56 Å². The zero-order chi connectivity index (χ0) is 14.3. The highest BCUT2D eigenvalue weighted by Crippen LogP contribution is 2.17. The monoisotopic (exact) mass is 266 g/mol. The summed E-state index contributed by atoms with van der Waals surface area (Å²) < 4.78 is 0. The minimum atomic E-state index is -0.567. The minimum Gasteiger partial charge on any atom is -0.396 e. The quantitative estimate of drug-likeness (QED) is 0.446. The normalized spacial score (nSPS) is 11.9. The lowest BCUT2D eigenvalue weighted by Crippen LogP contribution is -2.25. The molecule has 19 heavy (non-hydrogen) atoms. The van der Waals surface area contributed by atoms with Crippen LogP contribution in [0.5, 0.6) is 0 Å². The standard InChI is InChI=1S/C13H18N2O4/c1-10(9-16)5-4-8-14-13(17)11-6-2-3-7-12(11)15(18)19/h2-3,6-7,10,16H,4-5,8-9H2,1H3,(H,14,17). The molecule has 1 amide bonds. The number of carbonyl (C=O) groups is 1. The van der Waals surface area contributed by atoms with Crippen molar-refractivity contribution in [1.82, 2.24) is 5.32 Å². The number of nitro groups is 1. The molecule has 6 heteroatoms. The van der Waals surface area contributed by atoms with Crippen molar-refractivity contribution in [3.8, 4) is 0 Å². The van der Waals surface area contributed by atoms with Gasteiger partial charge in [-0.3, -0.25) is 14.9 Å². The van der Waals surface area contributed by atoms with E-state index in [4.69, 9.17) is 5.11 Å². The van der Waals surface area contributed by atoms with E-state index in [1.54, 1.807) is 6.07 Å². The Labute approximate surface area is 111 Å². The first kappa shape index (κ1) is 15.1. The minimum absolute atomic E-state index is 0.0720. The van der Waals surface area contributed by atoms with E-state index < -0.39 is 10.8 Å². The molecule has 0 heterocycles. The lowest BCUT2D eigenvalue weighted by Gasteiger charge is -2.08. The number of aliphatic hydroxyl groups excluding tert-OH is 1. The number of benzene rings is 1. The van der Waals surface area contributed by atoms with Crippen LogP contribution in [0, 0.1) is 16.0 Å². The van der Waals surface area contributed by atoms with Crippen LogP contribution in [-0.4, -0.2) is 29.1 Å². The van der Waals surface area contributed by atoms with Gasteiger partial charge in [-0.05, 0) is 24.8 Å². The Morgan fingerprint density at radius 3 is 2.79 bits per heavy atom. The van der Waals surface area contributed by atoms with Crippen molar-refractivity contribution in [2.24, 2.45) is 5.92 Å². The summed E-state index contributed by atoms with van der Waals surface area (Å²) in [7, 11) is 0. The number of para-hydroxylation sites is 1. The van der Waals surface area contributed by atoms with Gasteiger partial charge in [-0.2, -0.15) is 0 Å². The maximum atomic E-state index is 11.8. The summed E-state index contributed by atoms with van der Waals surface area (Å²) in [6.07, 6.45) is 1.53. The summed E-state index contributed by atoms with van der Waals surface area (Å²) in [5.74, 6) is -0.244. The Morgan fingerprint density at radius 1 is 1.47 bits per heavy atom. The molecular formula is C13H18N2O4. The van der Waals surface area contributed by atoms with E-state index in [1.807, 2.05) is 6.92 Å². The van der Waals surface area contributed by atoms with Crippen molar-refractivity contribution in [1.29, 1.82) is 0 Å². The summed E-state index contributed by atoms with van der Waals surface area (Å²) in [4.78, 5) is 22.0. The van der Waals surface area contributed by atoms with Gasteiger partial charge in [0.25, 0.3) is 11.6 Å². The van der Waals surface area contributed by atoms with Crippen LogP contribution in [0.3, 0.4) is 0 Å². The number of nitrogens with one attached hydrogen (secondary N) is 1. The summed E-state index contributed by atoms with van der Waals surface area (Å²) in [6.45, 7) is 2.48. The number of amides is 1. The molecule has 0 saturated heterocycles. The van der Waals surface area contributed by atoms with Gasteiger partial charge in [-0.1, -0.05) is 19.1 Å². The average molecular weight is 266 g/mol. The third-order valence-corrected chi connectivity index (χ3v) is 2.82. The van der Waals surface area contributed by atoms with Crippen LogP contribution in [0.2, 0.25) is 0 Å². The zero-order valence-electron chi connectivity index (χ0n) is 10.8. The van der Waals surface area contributed by atoms with Gasteiger partial charge in [0, 0.05) is 19.2 Å². The van der Waals surface area contributed by atoms with E-state index in [0.29, 0.717) is 6.54 Å². The highest BCUT2D eigenvalue weighted by molar-refractivity contribution is 5.98. The Hall–Kier alpha value is -1.95. The van der Waals surface area contributed by atoms with E-state index in [-0.39, 0.29) is 23.8 Å². The lowest BCUT2D eigenvalue weighted by molar-refractivity contribution is -0.385. The van der Waals surface area contributed by atoms with Crippen molar-refractivity contribution >= 4 is 11.6 Å². The fraction of sp³-hybridized carbons (Fsp3) is 0.462. The summed E-state index contributed by atoms with van der Waals surface area (Å²) in [5, 5.41) is 22.3. The maximum absolute atomic E-state index is 11.8. The van der Waals surface area contributed by atoms with E-state index in [2.05, 4.69) is 5.32 Å². The predicted octanol–water partition coefficient (Wildman–Crippen LogP) is 1.73. The number of hydrogen-bond donors (Lipinski definition) is 2. The van der Waals surface area contributed by atoms with Gasteiger partial charge in [0.05, 0.1) is 4.92 Å². The Kier molecular flexibility index (Phi) is 5.95. The second kappa shape index (κ2) is 7.48. The summed E-state index contributed by atoms with van der Waals surface area (Å²) in [6, 6.07) is 5.86. The SMILES string of the molecule is CC(CO)CCCNC(=O)c1ccccc1[N+](=O)[O-]. The molecule has 0 fully saturated rings. The molecule has 0 bridgehead atoms. The molecule has 1 unspecified atom stereocenters. The molecule has 1 atom stereocenters. The van der Waals surface area contributed by atoms with Crippen LogP contribution in [0.15, 0.2) is 24.3 Å². The third kappa shape index (κ3) is 4.67. The molecule has 0 saturated carbocycles. The van der Waals surface area contributed by atoms with Crippen LogP contribution >= 0.6 is 0 Å². The van der Waals surface area contributed by atoms with E-state index in [1.165, 1.54) is 18.2 Å². The molecule has 2 N–H and O–H groups in total. The molecule has 0 aromatic heterocycles. The topological polar surface area (TPSA) is 92.5 Å². The molecule has 1 aromatic rings. The average Bonchev–Trinajstić information content (AvgIpc) is 2.42. The molecule has 104 valence electrons. The molecule has 1 rings (SSSR count). The number of carbonyl (C=O) groups excluding carboxylic acids is 1. The van der Waals surface area contributed by atoms with E-state index in [0.717, 1.165) is 12.8 Å². The van der Waals surface area contributed by atoms with E-state index in [9.17, 15) is 14.9 Å². The fourth-order valence-electron chi connectivity index (χ4n) is 1.66. The van der Waals surface area contributed by atoms with Crippen LogP contribution in [0.4, 0.5) is 5.69 Å². The van der Waals surface area contributed by atoms with Crippen molar-refractivity contribution in [2.45, 2.75) is 19.8 Å². The Bertz CT molecular complexity index is 448. The van der Waals surface area contributed by atoms with Crippen LogP contribution < -0.4 is 5.32 Å². The molecular weight excluding hydrogens is 248 g/mol. The molecule has 1 aromatic carbocycles. The first-order valence-electron chi connectivity index (χ1n) is 6.18. The third-order valence-electron chi connectivity index (χ3n) is 2.82. The number of rotatable bonds is 7. The van der Waals surface area contributed by atoms with E-state index >= 15 is 0 Å². The first-order chi connectivity index (χ1) is 9.06. The smallest absolute Gasteiger partial charge is 0.282 e. The molecule has 0 aliphatic heterocycles. The van der Waals surface area contributed by atoms with Crippen molar-refractivity contribution in [3.63, 3.8) is 0 Å². The van der Waals surface area contributed by atoms with Crippen molar-refractivity contribution in [2.75, 3.05) is 13.2 Å². The lowest BCUT2D eigenvalue weighted by atomic mass is 10.1. The van der Waals surface area contributed by atoms with Crippen molar-refractivity contribution in [3.05, 3.63) is 39.9 Å². The van der Waals surface area contributed by atoms with Crippen LogP contribution in [0.25, 0.3) is 0 Å². The fourth-order valence-corrected chi connectivity index (χ4v) is 1.66. The van der Waals surface area contributed by atoms with Gasteiger partial charge in [-0.25, -0.2) is 0 Å². The molecule has 0 radical (unpaired) electrons. The highest BCUT2D eigenvalue weighted by Gasteiger charge is 2.18. The number of nitro benzene ring substituents is 1. The molecule has 0 spiro atoms. The first-order valence-corrected chi connectivity index (χ1v) is 6.18. The van der Waals surface area contributed by atoms with Crippen molar-refractivity contribution < 1.29 is 14.8 Å². The molecule has 0 aliphatic rings. The highest BCUT2D eigenvalue weighted by atomic mass is 16.6. The largest absolute Gasteiger partial charge is 0.396 e. The van der Waals surface area contributed by atoms with Gasteiger partial charge in [0.15, 0.2) is 0 Å².